The van der Waals surface area contributed by atoms with Gasteiger partial charge in [-0.15, -0.1) is 0 Å². The molecular weight excluding hydrogens is 366 g/mol. The molecule has 0 radical (unpaired) electrons. The molecule has 0 aliphatic carbocycles. The molecule has 0 fully saturated rings. The Morgan fingerprint density at radius 3 is 2.07 bits per heavy atom. The molecule has 0 aliphatic rings. The van der Waals surface area contributed by atoms with Crippen LogP contribution in [0.4, 0.5) is 11.4 Å². The van der Waals surface area contributed by atoms with E-state index in [1.807, 2.05) is 30.3 Å². The molecule has 0 aliphatic heterocycles. The molecule has 2 N–H and O–H groups in total. The molecule has 0 bridgehead atoms. The van der Waals surface area contributed by atoms with Crippen molar-refractivity contribution in [2.24, 2.45) is 0 Å². The number of pyridine rings is 1. The van der Waals surface area contributed by atoms with Crippen LogP contribution in [0.25, 0.3) is 0 Å². The lowest BCUT2D eigenvalue weighted by Crippen LogP contribution is -2.18. The first-order valence-electron chi connectivity index (χ1n) is 9.30. The Morgan fingerprint density at radius 1 is 0.828 bits per heavy atom. The fourth-order valence-electron chi connectivity index (χ4n) is 2.77. The van der Waals surface area contributed by atoms with Gasteiger partial charge in [0.1, 0.15) is 17.1 Å². The number of nitrogens with one attached hydrogen (secondary N) is 2. The Hall–Kier alpha value is -3.67. The second-order valence-corrected chi connectivity index (χ2v) is 6.79. The van der Waals surface area contributed by atoms with Crippen LogP contribution in [0, 0.1) is 0 Å². The Labute approximate surface area is 169 Å². The Morgan fingerprint density at radius 2 is 1.45 bits per heavy atom. The van der Waals surface area contributed by atoms with Crippen molar-refractivity contribution < 1.29 is 14.3 Å². The highest BCUT2D eigenvalue weighted by atomic mass is 16.5. The number of carbonyl (C=O) groups excluding carboxylic acids is 2. The van der Waals surface area contributed by atoms with E-state index in [4.69, 9.17) is 4.74 Å². The topological polar surface area (TPSA) is 80.3 Å². The Kier molecular flexibility index (Phi) is 6.24. The highest BCUT2D eigenvalue weighted by molar-refractivity contribution is 6.06. The first kappa shape index (κ1) is 20.1. The van der Waals surface area contributed by atoms with Gasteiger partial charge in [-0.05, 0) is 47.9 Å². The second-order valence-electron chi connectivity index (χ2n) is 6.79. The molecule has 2 amide bonds. The molecule has 1 aromatic heterocycles. The first-order valence-corrected chi connectivity index (χ1v) is 9.30. The summed E-state index contributed by atoms with van der Waals surface area (Å²) in [6.07, 6.45) is 0. The fourth-order valence-corrected chi connectivity index (χ4v) is 2.77. The third-order valence-electron chi connectivity index (χ3n) is 4.40. The van der Waals surface area contributed by atoms with Crippen LogP contribution in [0.15, 0.2) is 66.7 Å². The maximum absolute atomic E-state index is 12.6. The molecule has 2 aromatic carbocycles. The number of benzene rings is 2. The summed E-state index contributed by atoms with van der Waals surface area (Å²) < 4.78 is 5.23. The normalized spacial score (nSPS) is 10.5. The maximum Gasteiger partial charge on any atom is 0.274 e. The number of hydrogen-bond donors (Lipinski definition) is 2. The van der Waals surface area contributed by atoms with Crippen molar-refractivity contribution >= 4 is 23.2 Å². The lowest BCUT2D eigenvalue weighted by molar-refractivity contribution is 0.101. The van der Waals surface area contributed by atoms with Crippen LogP contribution >= 0.6 is 0 Å². The van der Waals surface area contributed by atoms with Gasteiger partial charge in [-0.2, -0.15) is 0 Å². The molecule has 3 rings (SSSR count). The lowest BCUT2D eigenvalue weighted by atomic mass is 10.0. The minimum absolute atomic E-state index is 0.138. The quantitative estimate of drug-likeness (QED) is 0.639. The van der Waals surface area contributed by atoms with Gasteiger partial charge in [0.25, 0.3) is 11.8 Å². The van der Waals surface area contributed by atoms with Crippen LogP contribution in [0.1, 0.15) is 46.3 Å². The standard InChI is InChI=1S/C23H23N3O3/c1-15(2)16-11-13-17(14-12-16)24-22(27)19-8-6-9-20(25-19)23(28)26-18-7-4-5-10-21(18)29-3/h4-15H,1-3H3,(H,24,27)(H,26,28). The number of nitrogens with zero attached hydrogens (tertiary/aromatic N) is 1. The van der Waals surface area contributed by atoms with Crippen molar-refractivity contribution in [1.29, 1.82) is 0 Å². The van der Waals surface area contributed by atoms with Gasteiger partial charge in [0, 0.05) is 5.69 Å². The molecule has 29 heavy (non-hydrogen) atoms. The highest BCUT2D eigenvalue weighted by Crippen LogP contribution is 2.23. The number of anilines is 2. The van der Waals surface area contributed by atoms with Gasteiger partial charge in [-0.1, -0.05) is 44.2 Å². The number of para-hydroxylation sites is 2. The number of ether oxygens (including phenoxy) is 1. The number of carbonyl (C=O) groups is 2. The molecule has 1 heterocycles. The second kappa shape index (κ2) is 9.01. The minimum atomic E-state index is -0.426. The zero-order valence-electron chi connectivity index (χ0n) is 16.6. The van der Waals surface area contributed by atoms with Crippen molar-refractivity contribution in [1.82, 2.24) is 4.98 Å². The summed E-state index contributed by atoms with van der Waals surface area (Å²) in [4.78, 5) is 29.3. The number of hydrogen-bond acceptors (Lipinski definition) is 4. The fraction of sp³-hybridized carbons (Fsp3) is 0.174. The molecule has 0 saturated heterocycles. The van der Waals surface area contributed by atoms with Crippen molar-refractivity contribution in [3.63, 3.8) is 0 Å². The average Bonchev–Trinajstić information content (AvgIpc) is 2.74. The van der Waals surface area contributed by atoms with E-state index in [2.05, 4.69) is 29.5 Å². The number of aromatic nitrogens is 1. The van der Waals surface area contributed by atoms with Crippen molar-refractivity contribution in [2.45, 2.75) is 19.8 Å². The van der Waals surface area contributed by atoms with E-state index in [0.29, 0.717) is 23.0 Å². The summed E-state index contributed by atoms with van der Waals surface area (Å²) in [5, 5.41) is 5.56. The van der Waals surface area contributed by atoms with E-state index in [0.717, 1.165) is 0 Å². The van der Waals surface area contributed by atoms with Crippen LogP contribution in [-0.4, -0.2) is 23.9 Å². The molecule has 3 aromatic rings. The molecule has 148 valence electrons. The first-order chi connectivity index (χ1) is 14.0. The predicted molar refractivity (Wildman–Crippen MR) is 114 cm³/mol. The van der Waals surface area contributed by atoms with Gasteiger partial charge >= 0.3 is 0 Å². The Bertz CT molecular complexity index is 1010. The van der Waals surface area contributed by atoms with Crippen molar-refractivity contribution in [3.05, 3.63) is 83.7 Å². The highest BCUT2D eigenvalue weighted by Gasteiger charge is 2.14. The molecule has 0 saturated carbocycles. The largest absolute Gasteiger partial charge is 0.495 e. The van der Waals surface area contributed by atoms with E-state index >= 15 is 0 Å². The van der Waals surface area contributed by atoms with Crippen molar-refractivity contribution in [3.8, 4) is 5.75 Å². The lowest BCUT2D eigenvalue weighted by Gasteiger charge is -2.10. The zero-order chi connectivity index (χ0) is 20.8. The summed E-state index contributed by atoms with van der Waals surface area (Å²) in [5.74, 6) is 0.152. The average molecular weight is 389 g/mol. The van der Waals surface area contributed by atoms with Crippen molar-refractivity contribution in [2.75, 3.05) is 17.7 Å². The van der Waals surface area contributed by atoms with E-state index in [1.54, 1.807) is 36.4 Å². The monoisotopic (exact) mass is 389 g/mol. The molecule has 6 heteroatoms. The molecule has 0 atom stereocenters. The van der Waals surface area contributed by atoms with Gasteiger partial charge < -0.3 is 15.4 Å². The summed E-state index contributed by atoms with van der Waals surface area (Å²) >= 11 is 0. The smallest absolute Gasteiger partial charge is 0.274 e. The maximum atomic E-state index is 12.6. The summed E-state index contributed by atoms with van der Waals surface area (Å²) in [7, 11) is 1.53. The van der Waals surface area contributed by atoms with E-state index in [-0.39, 0.29) is 17.3 Å². The van der Waals surface area contributed by atoms with Gasteiger partial charge in [0.05, 0.1) is 12.8 Å². The van der Waals surface area contributed by atoms with Gasteiger partial charge in [0.2, 0.25) is 0 Å². The van der Waals surface area contributed by atoms with Gasteiger partial charge in [-0.25, -0.2) is 4.98 Å². The molecule has 0 spiro atoms. The molecular formula is C23H23N3O3. The Balaban J connectivity index is 1.72. The van der Waals surface area contributed by atoms with E-state index in [9.17, 15) is 9.59 Å². The van der Waals surface area contributed by atoms with E-state index in [1.165, 1.54) is 12.7 Å². The van der Waals surface area contributed by atoms with Crippen LogP contribution in [-0.2, 0) is 0 Å². The van der Waals surface area contributed by atoms with Crippen LogP contribution in [0.2, 0.25) is 0 Å². The predicted octanol–water partition coefficient (Wildman–Crippen LogP) is 4.72. The number of rotatable bonds is 6. The third kappa shape index (κ3) is 4.99. The van der Waals surface area contributed by atoms with Crippen LogP contribution < -0.4 is 15.4 Å². The van der Waals surface area contributed by atoms with E-state index < -0.39 is 5.91 Å². The molecule has 6 nitrogen and oxygen atoms in total. The molecule has 0 unspecified atom stereocenters. The minimum Gasteiger partial charge on any atom is -0.495 e. The summed E-state index contributed by atoms with van der Waals surface area (Å²) in [6, 6.07) is 19.5. The van der Waals surface area contributed by atoms with Crippen LogP contribution in [0.3, 0.4) is 0 Å². The third-order valence-corrected chi connectivity index (χ3v) is 4.40. The van der Waals surface area contributed by atoms with Crippen LogP contribution in [0.5, 0.6) is 5.75 Å². The van der Waals surface area contributed by atoms with Gasteiger partial charge in [0.15, 0.2) is 0 Å². The number of methoxy groups -OCH3 is 1. The van der Waals surface area contributed by atoms with Gasteiger partial charge in [-0.3, -0.25) is 9.59 Å². The zero-order valence-corrected chi connectivity index (χ0v) is 16.6. The SMILES string of the molecule is COc1ccccc1NC(=O)c1cccc(C(=O)Nc2ccc(C(C)C)cc2)n1. The summed E-state index contributed by atoms with van der Waals surface area (Å²) in [5.41, 5.74) is 2.69. The number of amides is 2. The summed E-state index contributed by atoms with van der Waals surface area (Å²) in [6.45, 7) is 4.22.